The molecule has 0 fully saturated rings. The van der Waals surface area contributed by atoms with Crippen LogP contribution in [0.3, 0.4) is 0 Å². The second-order valence-corrected chi connectivity index (χ2v) is 7.66. The van der Waals surface area contributed by atoms with Gasteiger partial charge < -0.3 is 5.11 Å². The van der Waals surface area contributed by atoms with E-state index in [2.05, 4.69) is 77.8 Å². The Kier molecular flexibility index (Phi) is 5.26. The zero-order valence-corrected chi connectivity index (χ0v) is 17.8. The predicted molar refractivity (Wildman–Crippen MR) is 129 cm³/mol. The molecule has 0 spiro atoms. The van der Waals surface area contributed by atoms with Crippen molar-refractivity contribution < 1.29 is 5.11 Å². The summed E-state index contributed by atoms with van der Waals surface area (Å²) in [5, 5.41) is 19.5. The Hall–Kier alpha value is -4.18. The summed E-state index contributed by atoms with van der Waals surface area (Å²) in [5.74, 6) is 1.51. The summed E-state index contributed by atoms with van der Waals surface area (Å²) >= 11 is 0. The van der Waals surface area contributed by atoms with Gasteiger partial charge in [-0.25, -0.2) is 0 Å². The van der Waals surface area contributed by atoms with Gasteiger partial charge in [-0.3, -0.25) is 4.57 Å². The van der Waals surface area contributed by atoms with Gasteiger partial charge in [0.25, 0.3) is 0 Å². The molecule has 4 heteroatoms. The fourth-order valence-electron chi connectivity index (χ4n) is 3.88. The van der Waals surface area contributed by atoms with Gasteiger partial charge in [0, 0.05) is 11.3 Å². The first kappa shape index (κ1) is 19.8. The van der Waals surface area contributed by atoms with Crippen molar-refractivity contribution in [1.29, 1.82) is 0 Å². The van der Waals surface area contributed by atoms with Crippen molar-refractivity contribution in [2.75, 3.05) is 0 Å². The van der Waals surface area contributed by atoms with Crippen LogP contribution in [0.4, 0.5) is 0 Å². The zero-order valence-electron chi connectivity index (χ0n) is 17.8. The van der Waals surface area contributed by atoms with Gasteiger partial charge in [0.2, 0.25) is 0 Å². The Morgan fingerprint density at radius 1 is 0.625 bits per heavy atom. The second-order valence-electron chi connectivity index (χ2n) is 7.66. The summed E-state index contributed by atoms with van der Waals surface area (Å²) < 4.78 is 2.01. The van der Waals surface area contributed by atoms with E-state index < -0.39 is 0 Å². The lowest BCUT2D eigenvalue weighted by Gasteiger charge is -2.12. The lowest BCUT2D eigenvalue weighted by molar-refractivity contribution is 0.476. The largest absolute Gasteiger partial charge is 0.507 e. The van der Waals surface area contributed by atoms with Crippen LogP contribution in [0.5, 0.6) is 5.75 Å². The minimum atomic E-state index is 0.178. The SMILES string of the molecule is CCc1ccc(-n2c(-c3ccc(-c4ccccc4)cc3)nnc2-c2ccccc2O)cc1. The normalized spacial score (nSPS) is 10.9. The number of nitrogens with zero attached hydrogens (tertiary/aromatic N) is 3. The molecular weight excluding hydrogens is 394 g/mol. The van der Waals surface area contributed by atoms with Crippen LogP contribution in [0.25, 0.3) is 39.6 Å². The number of aryl methyl sites for hydroxylation is 1. The minimum absolute atomic E-state index is 0.178. The van der Waals surface area contributed by atoms with Crippen LogP contribution in [-0.4, -0.2) is 19.9 Å². The average Bonchev–Trinajstić information content (AvgIpc) is 3.30. The molecule has 0 bridgehead atoms. The number of aromatic hydroxyl groups is 1. The van der Waals surface area contributed by atoms with Gasteiger partial charge in [0.15, 0.2) is 11.6 Å². The molecule has 1 heterocycles. The molecule has 5 aromatic rings. The Bertz CT molecular complexity index is 1340. The zero-order chi connectivity index (χ0) is 21.9. The van der Waals surface area contributed by atoms with E-state index in [1.807, 2.05) is 34.9 Å². The molecule has 0 saturated carbocycles. The second kappa shape index (κ2) is 8.52. The van der Waals surface area contributed by atoms with Gasteiger partial charge in [0.05, 0.1) is 5.56 Å². The van der Waals surface area contributed by atoms with Crippen LogP contribution in [0, 0.1) is 0 Å². The van der Waals surface area contributed by atoms with E-state index in [9.17, 15) is 5.11 Å². The van der Waals surface area contributed by atoms with Crippen molar-refractivity contribution in [2.24, 2.45) is 0 Å². The number of rotatable bonds is 5. The Balaban J connectivity index is 1.64. The van der Waals surface area contributed by atoms with Crippen molar-refractivity contribution in [3.63, 3.8) is 0 Å². The summed E-state index contributed by atoms with van der Waals surface area (Å²) in [7, 11) is 0. The Morgan fingerprint density at radius 3 is 1.91 bits per heavy atom. The van der Waals surface area contributed by atoms with Crippen molar-refractivity contribution in [3.05, 3.63) is 109 Å². The molecule has 32 heavy (non-hydrogen) atoms. The number of para-hydroxylation sites is 1. The standard InChI is InChI=1S/C28H23N3O/c1-2-20-12-18-24(19-13-20)31-27(29-30-28(31)25-10-6-7-11-26(25)32)23-16-14-22(15-17-23)21-8-4-3-5-9-21/h3-19,32H,2H2,1H3. The lowest BCUT2D eigenvalue weighted by atomic mass is 10.0. The quantitative estimate of drug-likeness (QED) is 0.353. The van der Waals surface area contributed by atoms with E-state index in [1.54, 1.807) is 12.1 Å². The maximum atomic E-state index is 10.5. The fraction of sp³-hybridized carbons (Fsp3) is 0.0714. The third-order valence-corrected chi connectivity index (χ3v) is 5.66. The van der Waals surface area contributed by atoms with E-state index in [1.165, 1.54) is 11.1 Å². The van der Waals surface area contributed by atoms with E-state index in [4.69, 9.17) is 0 Å². The van der Waals surface area contributed by atoms with Crippen LogP contribution in [0.15, 0.2) is 103 Å². The van der Waals surface area contributed by atoms with Crippen molar-refractivity contribution in [2.45, 2.75) is 13.3 Å². The molecule has 0 aliphatic carbocycles. The number of benzene rings is 4. The fourth-order valence-corrected chi connectivity index (χ4v) is 3.88. The minimum Gasteiger partial charge on any atom is -0.507 e. The molecule has 0 aliphatic rings. The molecule has 4 nitrogen and oxygen atoms in total. The van der Waals surface area contributed by atoms with Gasteiger partial charge >= 0.3 is 0 Å². The van der Waals surface area contributed by atoms with Gasteiger partial charge in [-0.2, -0.15) is 0 Å². The lowest BCUT2D eigenvalue weighted by Crippen LogP contribution is -2.01. The maximum Gasteiger partial charge on any atom is 0.172 e. The Morgan fingerprint density at radius 2 is 1.22 bits per heavy atom. The van der Waals surface area contributed by atoms with Crippen LogP contribution in [-0.2, 0) is 6.42 Å². The van der Waals surface area contributed by atoms with E-state index in [0.717, 1.165) is 29.1 Å². The highest BCUT2D eigenvalue weighted by Crippen LogP contribution is 2.33. The summed E-state index contributed by atoms with van der Waals surface area (Å²) in [6.45, 7) is 2.14. The summed E-state index contributed by atoms with van der Waals surface area (Å²) in [4.78, 5) is 0. The molecule has 0 atom stereocenters. The number of phenols is 1. The molecule has 0 radical (unpaired) electrons. The van der Waals surface area contributed by atoms with E-state index in [-0.39, 0.29) is 5.75 Å². The van der Waals surface area contributed by atoms with Crippen LogP contribution in [0.2, 0.25) is 0 Å². The molecular formula is C28H23N3O. The van der Waals surface area contributed by atoms with Crippen molar-refractivity contribution in [3.8, 4) is 45.3 Å². The summed E-state index contributed by atoms with van der Waals surface area (Å²) in [6.07, 6.45) is 0.975. The highest BCUT2D eigenvalue weighted by atomic mass is 16.3. The first-order chi connectivity index (χ1) is 15.7. The monoisotopic (exact) mass is 417 g/mol. The number of hydrogen-bond acceptors (Lipinski definition) is 3. The Labute approximate surface area is 187 Å². The number of hydrogen-bond donors (Lipinski definition) is 1. The van der Waals surface area contributed by atoms with Gasteiger partial charge in [-0.15, -0.1) is 10.2 Å². The summed E-state index contributed by atoms with van der Waals surface area (Å²) in [6, 6.07) is 34.2. The molecule has 0 aliphatic heterocycles. The third-order valence-electron chi connectivity index (χ3n) is 5.66. The first-order valence-electron chi connectivity index (χ1n) is 10.7. The van der Waals surface area contributed by atoms with E-state index in [0.29, 0.717) is 11.4 Å². The number of aromatic nitrogens is 3. The molecule has 0 amide bonds. The van der Waals surface area contributed by atoms with E-state index >= 15 is 0 Å². The molecule has 1 aromatic heterocycles. The van der Waals surface area contributed by atoms with Crippen LogP contribution < -0.4 is 0 Å². The summed E-state index contributed by atoms with van der Waals surface area (Å²) in [5.41, 5.74) is 6.14. The molecule has 0 saturated heterocycles. The molecule has 4 aromatic carbocycles. The smallest absolute Gasteiger partial charge is 0.172 e. The maximum absolute atomic E-state index is 10.5. The average molecular weight is 418 g/mol. The number of phenolic OH excluding ortho intramolecular Hbond substituents is 1. The van der Waals surface area contributed by atoms with Crippen LogP contribution >= 0.6 is 0 Å². The first-order valence-corrected chi connectivity index (χ1v) is 10.7. The topological polar surface area (TPSA) is 50.9 Å². The predicted octanol–water partition coefficient (Wildman–Crippen LogP) is 6.54. The highest BCUT2D eigenvalue weighted by Gasteiger charge is 2.19. The van der Waals surface area contributed by atoms with Crippen molar-refractivity contribution in [1.82, 2.24) is 14.8 Å². The van der Waals surface area contributed by atoms with Gasteiger partial charge in [-0.05, 0) is 47.4 Å². The molecule has 1 N–H and O–H groups in total. The molecule has 0 unspecified atom stereocenters. The van der Waals surface area contributed by atoms with Gasteiger partial charge in [0.1, 0.15) is 5.75 Å². The van der Waals surface area contributed by atoms with Crippen LogP contribution in [0.1, 0.15) is 12.5 Å². The third kappa shape index (κ3) is 3.67. The highest BCUT2D eigenvalue weighted by molar-refractivity contribution is 5.72. The molecule has 5 rings (SSSR count). The molecule has 156 valence electrons. The van der Waals surface area contributed by atoms with Crippen molar-refractivity contribution >= 4 is 0 Å². The van der Waals surface area contributed by atoms with Gasteiger partial charge in [-0.1, -0.05) is 85.8 Å².